The van der Waals surface area contributed by atoms with Crippen LogP contribution in [0.5, 0.6) is 0 Å². The van der Waals surface area contributed by atoms with Crippen LogP contribution in [0.2, 0.25) is 0 Å². The van der Waals surface area contributed by atoms with Crippen molar-refractivity contribution in [3.05, 3.63) is 59.7 Å². The Morgan fingerprint density at radius 3 is 3.00 bits per heavy atom. The van der Waals surface area contributed by atoms with E-state index in [-0.39, 0.29) is 11.9 Å². The summed E-state index contributed by atoms with van der Waals surface area (Å²) in [6.45, 7) is 2.23. The molecule has 0 spiro atoms. The first-order valence-electron chi connectivity index (χ1n) is 8.36. The Balaban J connectivity index is 1.67. The predicted octanol–water partition coefficient (Wildman–Crippen LogP) is 3.24. The number of fused-ring (bicyclic) bond motifs is 1. The summed E-state index contributed by atoms with van der Waals surface area (Å²) in [5.74, 6) is 0.545. The molecule has 0 radical (unpaired) electrons. The van der Waals surface area contributed by atoms with Crippen LogP contribution in [0.1, 0.15) is 49.0 Å². The van der Waals surface area contributed by atoms with E-state index in [2.05, 4.69) is 46.5 Å². The van der Waals surface area contributed by atoms with E-state index in [9.17, 15) is 4.79 Å². The normalized spacial score (nSPS) is 20.4. The third-order valence-corrected chi connectivity index (χ3v) is 4.61. The van der Waals surface area contributed by atoms with Gasteiger partial charge in [0.25, 0.3) is 0 Å². The average molecular weight is 309 g/mol. The van der Waals surface area contributed by atoms with E-state index in [1.54, 1.807) is 18.6 Å². The van der Waals surface area contributed by atoms with E-state index < -0.39 is 0 Å². The van der Waals surface area contributed by atoms with Crippen LogP contribution in [-0.2, 0) is 17.6 Å². The summed E-state index contributed by atoms with van der Waals surface area (Å²) < 4.78 is 0. The maximum absolute atomic E-state index is 12.4. The fraction of sp³-hybridized carbons (Fsp3) is 0.421. The molecule has 4 heteroatoms. The molecule has 3 rings (SSSR count). The smallest absolute Gasteiger partial charge is 0.220 e. The first-order chi connectivity index (χ1) is 11.2. The molecule has 0 bridgehead atoms. The third-order valence-electron chi connectivity index (χ3n) is 4.61. The second-order valence-electron chi connectivity index (χ2n) is 6.31. The molecule has 1 heterocycles. The Kier molecular flexibility index (Phi) is 5.01. The van der Waals surface area contributed by atoms with Gasteiger partial charge in [0.05, 0.1) is 11.7 Å². The lowest BCUT2D eigenvalue weighted by atomic mass is 9.92. The quantitative estimate of drug-likeness (QED) is 0.882. The first-order valence-corrected chi connectivity index (χ1v) is 8.36. The minimum atomic E-state index is 0.0872. The summed E-state index contributed by atoms with van der Waals surface area (Å²) in [6.07, 6.45) is 9.54. The predicted molar refractivity (Wildman–Crippen MR) is 89.8 cm³/mol. The van der Waals surface area contributed by atoms with Crippen LogP contribution in [0, 0.1) is 5.92 Å². The Hall–Kier alpha value is -2.23. The van der Waals surface area contributed by atoms with Crippen molar-refractivity contribution in [2.75, 3.05) is 0 Å². The number of nitrogens with zero attached hydrogens (tertiary/aromatic N) is 2. The second-order valence-corrected chi connectivity index (χ2v) is 6.31. The maximum atomic E-state index is 12.4. The van der Waals surface area contributed by atoms with Gasteiger partial charge in [-0.3, -0.25) is 14.8 Å². The standard InChI is InChI=1S/C19H23N3O/c1-14-5-4-7-15-6-2-3-8-17(15)19(14)22-18(23)10-9-16-13-20-11-12-21-16/h2-3,6,8,11-14,19H,4-5,7,9-10H2,1H3,(H,22,23)/t14-,19+/m0/s1. The van der Waals surface area contributed by atoms with Crippen LogP contribution in [0.3, 0.4) is 0 Å². The van der Waals surface area contributed by atoms with Crippen molar-refractivity contribution in [2.45, 2.75) is 45.1 Å². The summed E-state index contributed by atoms with van der Waals surface area (Å²) in [5, 5.41) is 3.25. The van der Waals surface area contributed by atoms with Crippen LogP contribution in [0.25, 0.3) is 0 Å². The first kappa shape index (κ1) is 15.7. The van der Waals surface area contributed by atoms with Crippen molar-refractivity contribution < 1.29 is 4.79 Å². The number of carbonyl (C=O) groups is 1. The molecule has 1 aliphatic rings. The Morgan fingerprint density at radius 1 is 1.30 bits per heavy atom. The van der Waals surface area contributed by atoms with Gasteiger partial charge in [0.15, 0.2) is 0 Å². The van der Waals surface area contributed by atoms with E-state index in [1.807, 2.05) is 0 Å². The molecular formula is C19H23N3O. The SMILES string of the molecule is C[C@H]1CCCc2ccccc2[C@@H]1NC(=O)CCc1cnccn1. The minimum absolute atomic E-state index is 0.0872. The Morgan fingerprint density at radius 2 is 2.17 bits per heavy atom. The lowest BCUT2D eigenvalue weighted by Crippen LogP contribution is -2.32. The summed E-state index contributed by atoms with van der Waals surface area (Å²) in [5.41, 5.74) is 3.51. The molecule has 1 aromatic heterocycles. The Bertz CT molecular complexity index is 657. The van der Waals surface area contributed by atoms with Gasteiger partial charge in [-0.05, 0) is 42.7 Å². The fourth-order valence-electron chi connectivity index (χ4n) is 3.32. The zero-order chi connectivity index (χ0) is 16.1. The summed E-state index contributed by atoms with van der Waals surface area (Å²) in [4.78, 5) is 20.7. The van der Waals surface area contributed by atoms with Crippen molar-refractivity contribution >= 4 is 5.91 Å². The van der Waals surface area contributed by atoms with E-state index in [4.69, 9.17) is 0 Å². The highest BCUT2D eigenvalue weighted by Crippen LogP contribution is 2.32. The number of aryl methyl sites for hydroxylation is 2. The molecule has 1 amide bonds. The lowest BCUT2D eigenvalue weighted by molar-refractivity contribution is -0.122. The molecule has 2 atom stereocenters. The number of aromatic nitrogens is 2. The molecule has 23 heavy (non-hydrogen) atoms. The van der Waals surface area contributed by atoms with Gasteiger partial charge in [0.2, 0.25) is 5.91 Å². The molecule has 0 aliphatic heterocycles. The van der Waals surface area contributed by atoms with Crippen LogP contribution < -0.4 is 5.32 Å². The molecule has 0 unspecified atom stereocenters. The average Bonchev–Trinajstić information content (AvgIpc) is 2.74. The highest BCUT2D eigenvalue weighted by molar-refractivity contribution is 5.76. The van der Waals surface area contributed by atoms with Gasteiger partial charge >= 0.3 is 0 Å². The molecule has 2 aromatic rings. The number of carbonyl (C=O) groups excluding carboxylic acids is 1. The molecule has 0 fully saturated rings. The van der Waals surface area contributed by atoms with E-state index in [1.165, 1.54) is 17.5 Å². The van der Waals surface area contributed by atoms with Gasteiger partial charge in [-0.15, -0.1) is 0 Å². The van der Waals surface area contributed by atoms with Crippen molar-refractivity contribution in [3.8, 4) is 0 Å². The number of benzene rings is 1. The van der Waals surface area contributed by atoms with Crippen LogP contribution in [0.4, 0.5) is 0 Å². The van der Waals surface area contributed by atoms with Crippen LogP contribution in [-0.4, -0.2) is 15.9 Å². The molecule has 0 saturated carbocycles. The third kappa shape index (κ3) is 3.95. The topological polar surface area (TPSA) is 54.9 Å². The largest absolute Gasteiger partial charge is 0.349 e. The lowest BCUT2D eigenvalue weighted by Gasteiger charge is -2.25. The molecular weight excluding hydrogens is 286 g/mol. The highest BCUT2D eigenvalue weighted by atomic mass is 16.1. The summed E-state index contributed by atoms with van der Waals surface area (Å²) in [7, 11) is 0. The number of rotatable bonds is 4. The van der Waals surface area contributed by atoms with E-state index in [0.717, 1.165) is 18.5 Å². The fourth-order valence-corrected chi connectivity index (χ4v) is 3.32. The van der Waals surface area contributed by atoms with Crippen LogP contribution >= 0.6 is 0 Å². The minimum Gasteiger partial charge on any atom is -0.349 e. The second kappa shape index (κ2) is 7.36. The number of hydrogen-bond acceptors (Lipinski definition) is 3. The zero-order valence-electron chi connectivity index (χ0n) is 13.5. The molecule has 120 valence electrons. The molecule has 4 nitrogen and oxygen atoms in total. The van der Waals surface area contributed by atoms with Crippen molar-refractivity contribution in [1.82, 2.24) is 15.3 Å². The molecule has 1 N–H and O–H groups in total. The number of amides is 1. The molecule has 1 aliphatic carbocycles. The number of hydrogen-bond donors (Lipinski definition) is 1. The van der Waals surface area contributed by atoms with Crippen molar-refractivity contribution in [1.29, 1.82) is 0 Å². The van der Waals surface area contributed by atoms with Gasteiger partial charge < -0.3 is 5.32 Å². The monoisotopic (exact) mass is 309 g/mol. The Labute approximate surface area is 137 Å². The van der Waals surface area contributed by atoms with Crippen molar-refractivity contribution in [2.24, 2.45) is 5.92 Å². The van der Waals surface area contributed by atoms with Crippen LogP contribution in [0.15, 0.2) is 42.9 Å². The van der Waals surface area contributed by atoms with Gasteiger partial charge in [0, 0.05) is 25.0 Å². The van der Waals surface area contributed by atoms with Gasteiger partial charge in [-0.2, -0.15) is 0 Å². The number of nitrogens with one attached hydrogen (secondary N) is 1. The summed E-state index contributed by atoms with van der Waals surface area (Å²) >= 11 is 0. The maximum Gasteiger partial charge on any atom is 0.220 e. The van der Waals surface area contributed by atoms with Gasteiger partial charge in [-0.1, -0.05) is 31.2 Å². The summed E-state index contributed by atoms with van der Waals surface area (Å²) in [6, 6.07) is 8.61. The highest BCUT2D eigenvalue weighted by Gasteiger charge is 2.25. The van der Waals surface area contributed by atoms with E-state index in [0.29, 0.717) is 18.8 Å². The molecule has 1 aromatic carbocycles. The van der Waals surface area contributed by atoms with Gasteiger partial charge in [-0.25, -0.2) is 0 Å². The zero-order valence-corrected chi connectivity index (χ0v) is 13.5. The molecule has 0 saturated heterocycles. The van der Waals surface area contributed by atoms with Crippen molar-refractivity contribution in [3.63, 3.8) is 0 Å². The van der Waals surface area contributed by atoms with E-state index >= 15 is 0 Å². The van der Waals surface area contributed by atoms with Gasteiger partial charge in [0.1, 0.15) is 0 Å².